The van der Waals surface area contributed by atoms with E-state index in [0.717, 1.165) is 32.1 Å². The van der Waals surface area contributed by atoms with E-state index in [0.29, 0.717) is 17.4 Å². The number of nitrogens with one attached hydrogen (secondary N) is 1. The van der Waals surface area contributed by atoms with Gasteiger partial charge in [0.1, 0.15) is 13.2 Å². The van der Waals surface area contributed by atoms with Crippen LogP contribution in [0.5, 0.6) is 0 Å². The topological polar surface area (TPSA) is 105 Å². The monoisotopic (exact) mass is 816 g/mol. The average Bonchev–Trinajstić information content (AvgIpc) is 3.15. The number of carbonyl (C=O) groups is 1. The first-order chi connectivity index (χ1) is 27.0. The number of carbonyl (C=O) groups excluding carboxylic acids is 1. The molecule has 0 aliphatic rings. The minimum absolute atomic E-state index is 0.0648. The first-order valence-electron chi connectivity index (χ1n) is 24.1. The van der Waals surface area contributed by atoms with E-state index in [9.17, 15) is 19.4 Å². The molecule has 334 valence electrons. The summed E-state index contributed by atoms with van der Waals surface area (Å²) in [5.74, 6) is -0.174. The Morgan fingerprint density at radius 3 is 1.32 bits per heavy atom. The normalized spacial score (nSPS) is 14.3. The van der Waals surface area contributed by atoms with Gasteiger partial charge in [0.25, 0.3) is 0 Å². The van der Waals surface area contributed by atoms with Crippen LogP contribution >= 0.6 is 7.82 Å². The van der Waals surface area contributed by atoms with E-state index in [2.05, 4.69) is 19.2 Å². The molecule has 0 aromatic heterocycles. The van der Waals surface area contributed by atoms with Crippen LogP contribution in [0.1, 0.15) is 232 Å². The smallest absolute Gasteiger partial charge is 0.387 e. The molecule has 0 saturated heterocycles. The fourth-order valence-corrected chi connectivity index (χ4v) is 7.90. The number of allylic oxidation sites excluding steroid dienone is 1. The summed E-state index contributed by atoms with van der Waals surface area (Å²) in [6.45, 7) is 4.84. The number of phosphoric acid groups is 1. The third-order valence-electron chi connectivity index (χ3n) is 11.0. The van der Waals surface area contributed by atoms with Crippen molar-refractivity contribution in [2.24, 2.45) is 0 Å². The molecule has 0 spiro atoms. The standard InChI is InChI=1S/C47H95N2O6P/c1-6-8-10-12-14-16-18-20-22-23-24-25-26-27-28-30-32-34-36-38-40-46(50)45(44-55-56(52,53)54-43-42-49(3,4)5)48-47(51)41-39-37-35-33-31-29-21-19-17-15-13-11-9-7-2/h38,40,45-46,50H,6-37,39,41-44H2,1-5H3,(H-,48,51,52,53)/p+1/b40-38+. The van der Waals surface area contributed by atoms with Crippen LogP contribution in [0.15, 0.2) is 12.2 Å². The molecular formula is C47H96N2O6P+. The molecule has 0 saturated carbocycles. The SMILES string of the molecule is CCCCCCCCCCCCCCCCCCCC/C=C/C(O)C(COP(=O)(O)OCC[N+](C)(C)C)NC(=O)CCCCCCCCCCCCCCCC. The average molecular weight is 816 g/mol. The van der Waals surface area contributed by atoms with Gasteiger partial charge in [-0.1, -0.05) is 219 Å². The molecule has 0 bridgehead atoms. The van der Waals surface area contributed by atoms with Crippen molar-refractivity contribution < 1.29 is 32.9 Å². The zero-order valence-electron chi connectivity index (χ0n) is 37.9. The van der Waals surface area contributed by atoms with Crippen LogP contribution in [0.2, 0.25) is 0 Å². The van der Waals surface area contributed by atoms with Gasteiger partial charge in [0.05, 0.1) is 39.9 Å². The van der Waals surface area contributed by atoms with Gasteiger partial charge in [-0.05, 0) is 19.3 Å². The third kappa shape index (κ3) is 41.4. The molecule has 3 atom stereocenters. The van der Waals surface area contributed by atoms with E-state index in [1.54, 1.807) is 6.08 Å². The van der Waals surface area contributed by atoms with E-state index in [4.69, 9.17) is 9.05 Å². The van der Waals surface area contributed by atoms with E-state index in [-0.39, 0.29) is 19.1 Å². The van der Waals surface area contributed by atoms with Gasteiger partial charge in [-0.3, -0.25) is 13.8 Å². The number of unbranched alkanes of at least 4 members (excludes halogenated alkanes) is 31. The van der Waals surface area contributed by atoms with Crippen LogP contribution in [-0.2, 0) is 18.4 Å². The van der Waals surface area contributed by atoms with E-state index < -0.39 is 20.0 Å². The summed E-state index contributed by atoms with van der Waals surface area (Å²) in [7, 11) is 1.58. The van der Waals surface area contributed by atoms with Gasteiger partial charge in [-0.25, -0.2) is 4.57 Å². The number of hydrogen-bond acceptors (Lipinski definition) is 5. The number of likely N-dealkylation sites (N-methyl/N-ethyl adjacent to an activating group) is 1. The van der Waals surface area contributed by atoms with Gasteiger partial charge in [0.2, 0.25) is 5.91 Å². The summed E-state index contributed by atoms with van der Waals surface area (Å²) in [6.07, 6.45) is 45.6. The molecule has 9 heteroatoms. The molecule has 3 N–H and O–H groups in total. The Morgan fingerprint density at radius 2 is 0.946 bits per heavy atom. The van der Waals surface area contributed by atoms with Crippen LogP contribution in [0.3, 0.4) is 0 Å². The Kier molecular flexibility index (Phi) is 39.1. The number of hydrogen-bond donors (Lipinski definition) is 3. The predicted octanol–water partition coefficient (Wildman–Crippen LogP) is 13.5. The Hall–Kier alpha value is -0.760. The van der Waals surface area contributed by atoms with Gasteiger partial charge in [-0.15, -0.1) is 0 Å². The Bertz CT molecular complexity index is 927. The predicted molar refractivity (Wildman–Crippen MR) is 240 cm³/mol. The Labute approximate surface area is 348 Å². The third-order valence-corrected chi connectivity index (χ3v) is 12.0. The van der Waals surface area contributed by atoms with Crippen molar-refractivity contribution in [3.8, 4) is 0 Å². The summed E-state index contributed by atoms with van der Waals surface area (Å²) in [5, 5.41) is 13.9. The molecule has 3 unspecified atom stereocenters. The molecule has 0 rings (SSSR count). The summed E-state index contributed by atoms with van der Waals surface area (Å²) in [6, 6.07) is -0.840. The number of quaternary nitrogens is 1. The highest BCUT2D eigenvalue weighted by Gasteiger charge is 2.27. The zero-order valence-corrected chi connectivity index (χ0v) is 38.8. The Balaban J connectivity index is 4.33. The second-order valence-corrected chi connectivity index (χ2v) is 19.3. The minimum atomic E-state index is -4.33. The van der Waals surface area contributed by atoms with Crippen LogP contribution in [0, 0.1) is 0 Å². The number of nitrogens with zero attached hydrogens (tertiary/aromatic N) is 1. The molecule has 8 nitrogen and oxygen atoms in total. The van der Waals surface area contributed by atoms with Crippen LogP contribution in [-0.4, -0.2) is 73.4 Å². The summed E-state index contributed by atoms with van der Waals surface area (Å²) < 4.78 is 23.6. The summed E-state index contributed by atoms with van der Waals surface area (Å²) in [4.78, 5) is 23.1. The molecule has 56 heavy (non-hydrogen) atoms. The maximum absolute atomic E-state index is 12.9. The molecule has 0 heterocycles. The lowest BCUT2D eigenvalue weighted by atomic mass is 10.0. The van der Waals surface area contributed by atoms with Gasteiger partial charge in [-0.2, -0.15) is 0 Å². The van der Waals surface area contributed by atoms with Gasteiger partial charge in [0, 0.05) is 6.42 Å². The van der Waals surface area contributed by atoms with Crippen LogP contribution in [0.25, 0.3) is 0 Å². The fraction of sp³-hybridized carbons (Fsp3) is 0.936. The molecule has 1 amide bonds. The Morgan fingerprint density at radius 1 is 0.589 bits per heavy atom. The lowest BCUT2D eigenvalue weighted by Crippen LogP contribution is -2.45. The maximum Gasteiger partial charge on any atom is 0.472 e. The number of amides is 1. The highest BCUT2D eigenvalue weighted by Crippen LogP contribution is 2.43. The van der Waals surface area contributed by atoms with Crippen molar-refractivity contribution in [2.45, 2.75) is 244 Å². The number of aliphatic hydroxyl groups is 1. The van der Waals surface area contributed by atoms with Crippen molar-refractivity contribution in [3.05, 3.63) is 12.2 Å². The highest BCUT2D eigenvalue weighted by atomic mass is 31.2. The second kappa shape index (κ2) is 39.7. The summed E-state index contributed by atoms with van der Waals surface area (Å²) >= 11 is 0. The molecular weight excluding hydrogens is 719 g/mol. The van der Waals surface area contributed by atoms with E-state index in [1.165, 1.54) is 180 Å². The van der Waals surface area contributed by atoms with Crippen molar-refractivity contribution in [3.63, 3.8) is 0 Å². The summed E-state index contributed by atoms with van der Waals surface area (Å²) in [5.41, 5.74) is 0. The molecule has 0 aliphatic carbocycles. The first-order valence-corrected chi connectivity index (χ1v) is 25.6. The van der Waals surface area contributed by atoms with Crippen LogP contribution < -0.4 is 5.32 Å². The van der Waals surface area contributed by atoms with Crippen molar-refractivity contribution >= 4 is 13.7 Å². The molecule has 0 aromatic rings. The van der Waals surface area contributed by atoms with Crippen molar-refractivity contribution in [2.75, 3.05) is 40.9 Å². The quantitative estimate of drug-likeness (QED) is 0.0245. The fourth-order valence-electron chi connectivity index (χ4n) is 7.16. The first kappa shape index (κ1) is 55.2. The van der Waals surface area contributed by atoms with Crippen LogP contribution in [0.4, 0.5) is 0 Å². The molecule has 0 radical (unpaired) electrons. The van der Waals surface area contributed by atoms with E-state index in [1.807, 2.05) is 27.2 Å². The highest BCUT2D eigenvalue weighted by molar-refractivity contribution is 7.47. The lowest BCUT2D eigenvalue weighted by Gasteiger charge is -2.25. The van der Waals surface area contributed by atoms with Crippen molar-refractivity contribution in [1.82, 2.24) is 5.32 Å². The maximum atomic E-state index is 12.9. The number of aliphatic hydroxyl groups excluding tert-OH is 1. The van der Waals surface area contributed by atoms with E-state index >= 15 is 0 Å². The zero-order chi connectivity index (χ0) is 41.4. The molecule has 0 aliphatic heterocycles. The second-order valence-electron chi connectivity index (χ2n) is 17.8. The molecule has 0 fully saturated rings. The van der Waals surface area contributed by atoms with Gasteiger partial charge < -0.3 is 19.8 Å². The van der Waals surface area contributed by atoms with Crippen molar-refractivity contribution in [1.29, 1.82) is 0 Å². The molecule has 0 aromatic carbocycles. The minimum Gasteiger partial charge on any atom is -0.387 e. The number of phosphoric ester groups is 1. The van der Waals surface area contributed by atoms with Gasteiger partial charge >= 0.3 is 7.82 Å². The largest absolute Gasteiger partial charge is 0.472 e. The lowest BCUT2D eigenvalue weighted by molar-refractivity contribution is -0.870. The number of rotatable bonds is 44. The van der Waals surface area contributed by atoms with Gasteiger partial charge in [0.15, 0.2) is 0 Å².